The van der Waals surface area contributed by atoms with E-state index in [1.165, 1.54) is 0 Å². The van der Waals surface area contributed by atoms with E-state index in [1.807, 2.05) is 18.2 Å². The molecular formula is C21H20F2N4O. The average Bonchev–Trinajstić information content (AvgIpc) is 2.95. The van der Waals surface area contributed by atoms with Crippen molar-refractivity contribution >= 4 is 11.6 Å². The Morgan fingerprint density at radius 3 is 2.89 bits per heavy atom. The van der Waals surface area contributed by atoms with Crippen LogP contribution in [0.2, 0.25) is 0 Å². The third-order valence-corrected chi connectivity index (χ3v) is 4.83. The smallest absolute Gasteiger partial charge is 0.251 e. The number of hydrogen-bond acceptors (Lipinski definition) is 3. The van der Waals surface area contributed by atoms with Crippen LogP contribution in [0.5, 0.6) is 0 Å². The van der Waals surface area contributed by atoms with Gasteiger partial charge in [0.2, 0.25) is 0 Å². The number of rotatable bonds is 4. The molecule has 0 bridgehead atoms. The SMILES string of the molecule is Cn1cc(CNc2ccc3c(c2)C(=O)NCCC3)c(-c2cc(F)ccc2F)n1. The molecule has 0 fully saturated rings. The minimum Gasteiger partial charge on any atom is -0.381 e. The molecule has 0 aliphatic carbocycles. The Morgan fingerprint density at radius 1 is 1.18 bits per heavy atom. The van der Waals surface area contributed by atoms with Gasteiger partial charge in [-0.2, -0.15) is 5.10 Å². The molecule has 0 radical (unpaired) electrons. The lowest BCUT2D eigenvalue weighted by molar-refractivity contribution is 0.0956. The van der Waals surface area contributed by atoms with Crippen molar-refractivity contribution in [3.63, 3.8) is 0 Å². The largest absolute Gasteiger partial charge is 0.381 e. The van der Waals surface area contributed by atoms with Crippen molar-refractivity contribution in [1.82, 2.24) is 15.1 Å². The van der Waals surface area contributed by atoms with Gasteiger partial charge in [0.05, 0.1) is 0 Å². The highest BCUT2D eigenvalue weighted by atomic mass is 19.1. The molecule has 0 saturated carbocycles. The van der Waals surface area contributed by atoms with E-state index in [9.17, 15) is 13.6 Å². The Bertz CT molecular complexity index is 1040. The second kappa shape index (κ2) is 7.42. The van der Waals surface area contributed by atoms with Crippen molar-refractivity contribution in [1.29, 1.82) is 0 Å². The van der Waals surface area contributed by atoms with E-state index in [0.29, 0.717) is 24.3 Å². The van der Waals surface area contributed by atoms with Crippen molar-refractivity contribution in [3.8, 4) is 11.3 Å². The lowest BCUT2D eigenvalue weighted by Gasteiger charge is -2.11. The highest BCUT2D eigenvalue weighted by Gasteiger charge is 2.17. The van der Waals surface area contributed by atoms with Gasteiger partial charge in [-0.05, 0) is 48.7 Å². The summed E-state index contributed by atoms with van der Waals surface area (Å²) in [4.78, 5) is 12.2. The minimum atomic E-state index is -0.525. The number of fused-ring (bicyclic) bond motifs is 1. The maximum atomic E-state index is 14.2. The molecule has 144 valence electrons. The molecule has 0 unspecified atom stereocenters. The summed E-state index contributed by atoms with van der Waals surface area (Å²) in [6, 6.07) is 9.04. The molecule has 7 heteroatoms. The van der Waals surface area contributed by atoms with Crippen molar-refractivity contribution in [2.75, 3.05) is 11.9 Å². The highest BCUT2D eigenvalue weighted by Crippen LogP contribution is 2.27. The molecule has 1 amide bonds. The Balaban J connectivity index is 1.60. The first-order chi connectivity index (χ1) is 13.5. The summed E-state index contributed by atoms with van der Waals surface area (Å²) in [7, 11) is 1.73. The Hall–Kier alpha value is -3.22. The van der Waals surface area contributed by atoms with Crippen LogP contribution in [-0.4, -0.2) is 22.2 Å². The quantitative estimate of drug-likeness (QED) is 0.724. The van der Waals surface area contributed by atoms with Crippen LogP contribution in [0.25, 0.3) is 11.3 Å². The maximum absolute atomic E-state index is 14.2. The predicted molar refractivity (Wildman–Crippen MR) is 103 cm³/mol. The Morgan fingerprint density at radius 2 is 2.04 bits per heavy atom. The van der Waals surface area contributed by atoms with Crippen LogP contribution in [-0.2, 0) is 20.0 Å². The van der Waals surface area contributed by atoms with Gasteiger partial charge in [0.1, 0.15) is 17.3 Å². The molecule has 2 heterocycles. The summed E-state index contributed by atoms with van der Waals surface area (Å²) in [5.41, 5.74) is 3.73. The van der Waals surface area contributed by atoms with Gasteiger partial charge in [-0.3, -0.25) is 9.48 Å². The number of benzene rings is 2. The van der Waals surface area contributed by atoms with Crippen molar-refractivity contribution in [3.05, 3.63) is 70.9 Å². The maximum Gasteiger partial charge on any atom is 0.251 e. The number of hydrogen-bond donors (Lipinski definition) is 2. The fraction of sp³-hybridized carbons (Fsp3) is 0.238. The molecule has 0 saturated heterocycles. The molecule has 2 aromatic carbocycles. The molecule has 2 N–H and O–H groups in total. The number of carbonyl (C=O) groups is 1. The molecule has 4 rings (SSSR count). The molecule has 0 spiro atoms. The lowest BCUT2D eigenvalue weighted by atomic mass is 10.0. The molecule has 5 nitrogen and oxygen atoms in total. The summed E-state index contributed by atoms with van der Waals surface area (Å²) >= 11 is 0. The second-order valence-electron chi connectivity index (χ2n) is 6.89. The van der Waals surface area contributed by atoms with E-state index in [4.69, 9.17) is 0 Å². The summed E-state index contributed by atoms with van der Waals surface area (Å²) in [6.45, 7) is 1.04. The normalized spacial score (nSPS) is 13.6. The summed E-state index contributed by atoms with van der Waals surface area (Å²) in [5, 5.41) is 10.4. The van der Waals surface area contributed by atoms with Crippen molar-refractivity contribution in [2.45, 2.75) is 19.4 Å². The molecule has 3 aromatic rings. The third kappa shape index (κ3) is 3.60. The topological polar surface area (TPSA) is 59.0 Å². The number of anilines is 1. The van der Waals surface area contributed by atoms with Crippen LogP contribution in [0.4, 0.5) is 14.5 Å². The summed E-state index contributed by atoms with van der Waals surface area (Å²) < 4.78 is 29.4. The number of halogens is 2. The van der Waals surface area contributed by atoms with Crippen LogP contribution in [0.1, 0.15) is 27.9 Å². The lowest BCUT2D eigenvalue weighted by Crippen LogP contribution is -2.22. The first-order valence-electron chi connectivity index (χ1n) is 9.14. The minimum absolute atomic E-state index is 0.0694. The van der Waals surface area contributed by atoms with E-state index >= 15 is 0 Å². The predicted octanol–water partition coefficient (Wildman–Crippen LogP) is 3.65. The second-order valence-corrected chi connectivity index (χ2v) is 6.89. The fourth-order valence-corrected chi connectivity index (χ4v) is 3.46. The van der Waals surface area contributed by atoms with Crippen LogP contribution in [0.15, 0.2) is 42.6 Å². The zero-order chi connectivity index (χ0) is 19.7. The zero-order valence-electron chi connectivity index (χ0n) is 15.4. The molecule has 28 heavy (non-hydrogen) atoms. The van der Waals surface area contributed by atoms with Gasteiger partial charge in [-0.15, -0.1) is 0 Å². The van der Waals surface area contributed by atoms with Crippen molar-refractivity contribution < 1.29 is 13.6 Å². The number of nitrogens with zero attached hydrogens (tertiary/aromatic N) is 2. The van der Waals surface area contributed by atoms with Gasteiger partial charge in [0.15, 0.2) is 0 Å². The number of carbonyl (C=O) groups excluding carboxylic acids is 1. The van der Waals surface area contributed by atoms with E-state index < -0.39 is 11.6 Å². The number of aromatic nitrogens is 2. The van der Waals surface area contributed by atoms with E-state index in [-0.39, 0.29) is 11.5 Å². The van der Waals surface area contributed by atoms with Gasteiger partial charge < -0.3 is 10.6 Å². The third-order valence-electron chi connectivity index (χ3n) is 4.83. The highest BCUT2D eigenvalue weighted by molar-refractivity contribution is 5.97. The molecular weight excluding hydrogens is 362 g/mol. The van der Waals surface area contributed by atoms with Crippen LogP contribution >= 0.6 is 0 Å². The van der Waals surface area contributed by atoms with Gasteiger partial charge >= 0.3 is 0 Å². The average molecular weight is 382 g/mol. The van der Waals surface area contributed by atoms with E-state index in [0.717, 1.165) is 47.9 Å². The van der Waals surface area contributed by atoms with Crippen LogP contribution in [0, 0.1) is 11.6 Å². The Labute approximate surface area is 161 Å². The number of aryl methyl sites for hydroxylation is 2. The first kappa shape index (κ1) is 18.2. The van der Waals surface area contributed by atoms with Crippen LogP contribution in [0.3, 0.4) is 0 Å². The summed E-state index contributed by atoms with van der Waals surface area (Å²) in [5.74, 6) is -1.11. The molecule has 0 atom stereocenters. The zero-order valence-corrected chi connectivity index (χ0v) is 15.4. The van der Waals surface area contributed by atoms with Gasteiger partial charge in [-0.25, -0.2) is 8.78 Å². The fourth-order valence-electron chi connectivity index (χ4n) is 3.46. The number of nitrogens with one attached hydrogen (secondary N) is 2. The van der Waals surface area contributed by atoms with Gasteiger partial charge in [0.25, 0.3) is 5.91 Å². The molecule has 1 aliphatic heterocycles. The van der Waals surface area contributed by atoms with Gasteiger partial charge in [-0.1, -0.05) is 6.07 Å². The van der Waals surface area contributed by atoms with E-state index in [1.54, 1.807) is 17.9 Å². The molecule has 1 aromatic heterocycles. The monoisotopic (exact) mass is 382 g/mol. The van der Waals surface area contributed by atoms with Gasteiger partial charge in [0, 0.05) is 48.7 Å². The van der Waals surface area contributed by atoms with Crippen LogP contribution < -0.4 is 10.6 Å². The standard InChI is InChI=1S/C21H20F2N4O/c1-27-12-14(20(26-27)18-9-15(22)5-7-19(18)23)11-25-16-6-4-13-3-2-8-24-21(28)17(13)10-16/h4-7,9-10,12,25H,2-3,8,11H2,1H3,(H,24,28). The first-order valence-corrected chi connectivity index (χ1v) is 9.14. The Kier molecular flexibility index (Phi) is 4.81. The van der Waals surface area contributed by atoms with E-state index in [2.05, 4.69) is 15.7 Å². The van der Waals surface area contributed by atoms with Crippen molar-refractivity contribution in [2.24, 2.45) is 7.05 Å². The summed E-state index contributed by atoms with van der Waals surface area (Å²) in [6.07, 6.45) is 3.55. The molecule has 1 aliphatic rings. The number of amides is 1.